The number of aromatic nitrogens is 4. The van der Waals surface area contributed by atoms with Gasteiger partial charge < -0.3 is 10.5 Å². The fourth-order valence-corrected chi connectivity index (χ4v) is 4.31. The van der Waals surface area contributed by atoms with Crippen LogP contribution in [0.2, 0.25) is 0 Å². The van der Waals surface area contributed by atoms with Gasteiger partial charge in [-0.15, -0.1) is 21.5 Å². The first kappa shape index (κ1) is 17.5. The lowest BCUT2D eigenvalue weighted by atomic mass is 10.1. The lowest BCUT2D eigenvalue weighted by Gasteiger charge is -2.08. The van der Waals surface area contributed by atoms with Crippen molar-refractivity contribution in [3.63, 3.8) is 0 Å². The maximum Gasteiger partial charge on any atom is 0.248 e. The summed E-state index contributed by atoms with van der Waals surface area (Å²) in [5.41, 5.74) is 7.65. The Balaban J connectivity index is 1.63. The molecule has 2 aromatic heterocycles. The Bertz CT molecular complexity index is 1250. The van der Waals surface area contributed by atoms with E-state index in [1.54, 1.807) is 41.0 Å². The molecule has 0 aliphatic carbocycles. The summed E-state index contributed by atoms with van der Waals surface area (Å²) in [7, 11) is 0. The van der Waals surface area contributed by atoms with Crippen molar-refractivity contribution in [3.05, 3.63) is 65.0 Å². The van der Waals surface area contributed by atoms with Crippen molar-refractivity contribution >= 4 is 17.2 Å². The molecule has 1 aliphatic rings. The highest BCUT2D eigenvalue weighted by molar-refractivity contribution is 7.15. The zero-order valence-corrected chi connectivity index (χ0v) is 15.8. The maximum absolute atomic E-state index is 14.3. The van der Waals surface area contributed by atoms with E-state index >= 15 is 0 Å². The molecule has 1 aliphatic heterocycles. The third-order valence-corrected chi connectivity index (χ3v) is 5.77. The average molecular weight is 407 g/mol. The lowest BCUT2D eigenvalue weighted by Crippen LogP contribution is -2.11. The number of primary amides is 1. The van der Waals surface area contributed by atoms with Crippen molar-refractivity contribution < 1.29 is 13.9 Å². The molecule has 7 nitrogen and oxygen atoms in total. The summed E-state index contributed by atoms with van der Waals surface area (Å²) in [4.78, 5) is 17.3. The first-order chi connectivity index (χ1) is 14.1. The van der Waals surface area contributed by atoms with E-state index in [1.807, 2.05) is 0 Å². The molecular weight excluding hydrogens is 393 g/mol. The predicted octanol–water partition coefficient (Wildman–Crippen LogP) is 3.23. The highest BCUT2D eigenvalue weighted by atomic mass is 32.1. The number of nitrogens with zero attached hydrogens (tertiary/aromatic N) is 4. The summed E-state index contributed by atoms with van der Waals surface area (Å²) in [6.45, 7) is 0.448. The summed E-state index contributed by atoms with van der Waals surface area (Å²) in [6.07, 6.45) is 2.12. The van der Waals surface area contributed by atoms with E-state index in [0.717, 1.165) is 16.1 Å². The highest BCUT2D eigenvalue weighted by Crippen LogP contribution is 2.40. The molecule has 0 saturated heterocycles. The largest absolute Gasteiger partial charge is 0.492 e. The number of carbonyl (C=O) groups is 1. The first-order valence-electron chi connectivity index (χ1n) is 8.84. The van der Waals surface area contributed by atoms with Crippen molar-refractivity contribution in [1.29, 1.82) is 0 Å². The van der Waals surface area contributed by atoms with Gasteiger partial charge in [0.05, 0.1) is 18.0 Å². The SMILES string of the molecule is NC(=O)c1ccc2c(c1)OCCc1sc(-c3nncn3-c3ccccc3F)nc1-2. The van der Waals surface area contributed by atoms with E-state index in [0.29, 0.717) is 40.9 Å². The van der Waals surface area contributed by atoms with Gasteiger partial charge >= 0.3 is 0 Å². The number of ether oxygens (including phenoxy) is 1. The fourth-order valence-electron chi connectivity index (χ4n) is 3.28. The Morgan fingerprint density at radius 2 is 2.10 bits per heavy atom. The normalized spacial score (nSPS) is 12.6. The monoisotopic (exact) mass is 407 g/mol. The van der Waals surface area contributed by atoms with Crippen LogP contribution in [-0.4, -0.2) is 32.3 Å². The van der Waals surface area contributed by atoms with Crippen LogP contribution in [0.25, 0.3) is 27.8 Å². The van der Waals surface area contributed by atoms with Crippen LogP contribution < -0.4 is 10.5 Å². The number of rotatable bonds is 3. The maximum atomic E-state index is 14.3. The van der Waals surface area contributed by atoms with Crippen LogP contribution in [0.15, 0.2) is 48.8 Å². The molecule has 29 heavy (non-hydrogen) atoms. The smallest absolute Gasteiger partial charge is 0.248 e. The second-order valence-corrected chi connectivity index (χ2v) is 7.52. The molecule has 2 N–H and O–H groups in total. The number of thiazole rings is 1. The predicted molar refractivity (Wildman–Crippen MR) is 106 cm³/mol. The molecule has 0 atom stereocenters. The van der Waals surface area contributed by atoms with Gasteiger partial charge in [0.25, 0.3) is 0 Å². The Hall–Kier alpha value is -3.59. The van der Waals surface area contributed by atoms with Gasteiger partial charge in [-0.2, -0.15) is 0 Å². The minimum Gasteiger partial charge on any atom is -0.492 e. The number of benzene rings is 2. The van der Waals surface area contributed by atoms with Crippen LogP contribution >= 0.6 is 11.3 Å². The van der Waals surface area contributed by atoms with Gasteiger partial charge in [0.1, 0.15) is 17.9 Å². The average Bonchev–Trinajstić information content (AvgIpc) is 3.32. The number of fused-ring (bicyclic) bond motifs is 3. The Kier molecular flexibility index (Phi) is 4.09. The molecule has 0 fully saturated rings. The van der Waals surface area contributed by atoms with Crippen LogP contribution in [0, 0.1) is 5.82 Å². The van der Waals surface area contributed by atoms with Crippen molar-refractivity contribution in [2.75, 3.05) is 6.61 Å². The zero-order chi connectivity index (χ0) is 20.0. The summed E-state index contributed by atoms with van der Waals surface area (Å²) >= 11 is 1.47. The molecule has 144 valence electrons. The van der Waals surface area contributed by atoms with Gasteiger partial charge in [-0.1, -0.05) is 12.1 Å². The van der Waals surface area contributed by atoms with E-state index in [9.17, 15) is 9.18 Å². The summed E-state index contributed by atoms with van der Waals surface area (Å²) in [6, 6.07) is 11.5. The molecule has 0 bridgehead atoms. The van der Waals surface area contributed by atoms with E-state index < -0.39 is 5.91 Å². The van der Waals surface area contributed by atoms with E-state index in [4.69, 9.17) is 15.5 Å². The Morgan fingerprint density at radius 1 is 1.24 bits per heavy atom. The summed E-state index contributed by atoms with van der Waals surface area (Å²) in [5, 5.41) is 8.75. The molecular formula is C20H14FN5O2S. The molecule has 9 heteroatoms. The van der Waals surface area contributed by atoms with Gasteiger partial charge in [-0.05, 0) is 30.3 Å². The highest BCUT2D eigenvalue weighted by Gasteiger charge is 2.24. The third-order valence-electron chi connectivity index (χ3n) is 4.66. The molecule has 4 aromatic rings. The molecule has 2 aromatic carbocycles. The fraction of sp³-hybridized carbons (Fsp3) is 0.100. The van der Waals surface area contributed by atoms with Gasteiger partial charge in [0, 0.05) is 22.4 Å². The number of hydrogen-bond acceptors (Lipinski definition) is 6. The number of nitrogens with two attached hydrogens (primary N) is 1. The molecule has 0 radical (unpaired) electrons. The van der Waals surface area contributed by atoms with Gasteiger partial charge in [0.2, 0.25) is 5.91 Å². The van der Waals surface area contributed by atoms with Crippen LogP contribution in [0.5, 0.6) is 5.75 Å². The molecule has 0 spiro atoms. The van der Waals surface area contributed by atoms with Crippen molar-refractivity contribution in [2.45, 2.75) is 6.42 Å². The minimum atomic E-state index is -0.516. The van der Waals surface area contributed by atoms with Gasteiger partial charge in [-0.25, -0.2) is 9.37 Å². The van der Waals surface area contributed by atoms with Gasteiger partial charge in [-0.3, -0.25) is 9.36 Å². The summed E-state index contributed by atoms with van der Waals surface area (Å²) in [5.74, 6) is 0.138. The molecule has 0 unspecified atom stereocenters. The second-order valence-electron chi connectivity index (χ2n) is 6.44. The number of halogens is 1. The summed E-state index contributed by atoms with van der Waals surface area (Å²) < 4.78 is 21.7. The molecule has 0 saturated carbocycles. The zero-order valence-electron chi connectivity index (χ0n) is 15.0. The van der Waals surface area contributed by atoms with Crippen LogP contribution in [0.3, 0.4) is 0 Å². The van der Waals surface area contributed by atoms with Crippen molar-refractivity contribution in [3.8, 4) is 33.5 Å². The van der Waals surface area contributed by atoms with Crippen LogP contribution in [0.4, 0.5) is 4.39 Å². The quantitative estimate of drug-likeness (QED) is 0.563. The lowest BCUT2D eigenvalue weighted by molar-refractivity contribution is 0.1000. The van der Waals surface area contributed by atoms with Crippen molar-refractivity contribution in [2.24, 2.45) is 5.73 Å². The standard InChI is InChI=1S/C20H14FN5O2S/c21-13-3-1-2-4-14(13)26-10-23-25-19(26)20-24-17-12-6-5-11(18(22)27)9-15(12)28-8-7-16(17)29-20/h1-6,9-10H,7-8H2,(H2,22,27). The number of hydrogen-bond donors (Lipinski definition) is 1. The number of amides is 1. The Morgan fingerprint density at radius 3 is 2.93 bits per heavy atom. The van der Waals surface area contributed by atoms with E-state index in [-0.39, 0.29) is 5.82 Å². The van der Waals surface area contributed by atoms with E-state index in [2.05, 4.69) is 10.2 Å². The molecule has 5 rings (SSSR count). The van der Waals surface area contributed by atoms with Crippen molar-refractivity contribution in [1.82, 2.24) is 19.7 Å². The third kappa shape index (κ3) is 2.95. The van der Waals surface area contributed by atoms with Crippen LogP contribution in [0.1, 0.15) is 15.2 Å². The number of carbonyl (C=O) groups excluding carboxylic acids is 1. The molecule has 1 amide bonds. The first-order valence-corrected chi connectivity index (χ1v) is 9.65. The van der Waals surface area contributed by atoms with Gasteiger partial charge in [0.15, 0.2) is 10.8 Å². The Labute approximate surface area is 168 Å². The second kappa shape index (κ2) is 6.78. The minimum absolute atomic E-state index is 0.354. The van der Waals surface area contributed by atoms with Crippen LogP contribution in [-0.2, 0) is 6.42 Å². The van der Waals surface area contributed by atoms with E-state index in [1.165, 1.54) is 23.7 Å². The number of para-hydroxylation sites is 1. The molecule has 3 heterocycles. The topological polar surface area (TPSA) is 95.9 Å².